The number of nitrogens with zero attached hydrogens (tertiary/aromatic N) is 5. The zero-order chi connectivity index (χ0) is 32.9. The van der Waals surface area contributed by atoms with Gasteiger partial charge in [0.25, 0.3) is 5.91 Å². The van der Waals surface area contributed by atoms with Gasteiger partial charge in [0.1, 0.15) is 24.0 Å². The van der Waals surface area contributed by atoms with E-state index in [-0.39, 0.29) is 30.9 Å². The molecular formula is C34H44ClN7O5. The van der Waals surface area contributed by atoms with Crippen LogP contribution in [0.15, 0.2) is 41.3 Å². The quantitative estimate of drug-likeness (QED) is 0.263. The van der Waals surface area contributed by atoms with E-state index in [0.29, 0.717) is 79.0 Å². The van der Waals surface area contributed by atoms with Crippen LogP contribution in [0.4, 0.5) is 11.6 Å². The maximum atomic E-state index is 13.4. The normalized spacial score (nSPS) is 17.6. The standard InChI is InChI=1S/C34H44ClN7O5/c1-22(2)34(45)42-12-10-41(11-13-42)31-15-24(14-30(39-31)38-25-4-3-5-25)33(44)37-16-26(43)19-40-9-8-28-23(18-40)6-7-29(32(28)35)46-20-27-17-36-21-47-27/h6-7,14-15,17,21-22,25-26,43H,3-5,8-13,16,18-20H2,1-2H3,(H,37,44)(H,38,39)/t26-/m0/s1. The van der Waals surface area contributed by atoms with Crippen molar-refractivity contribution in [3.05, 3.63) is 64.3 Å². The van der Waals surface area contributed by atoms with Gasteiger partial charge in [-0.1, -0.05) is 31.5 Å². The second-order valence-electron chi connectivity index (χ2n) is 13.0. The maximum absolute atomic E-state index is 13.4. The highest BCUT2D eigenvalue weighted by molar-refractivity contribution is 6.33. The minimum atomic E-state index is -0.749. The Morgan fingerprint density at radius 2 is 1.96 bits per heavy atom. The fourth-order valence-electron chi connectivity index (χ4n) is 6.22. The molecule has 13 heteroatoms. The summed E-state index contributed by atoms with van der Waals surface area (Å²) >= 11 is 6.69. The fraction of sp³-hybridized carbons (Fsp3) is 0.529. The van der Waals surface area contributed by atoms with E-state index >= 15 is 0 Å². The van der Waals surface area contributed by atoms with Gasteiger partial charge in [-0.3, -0.25) is 14.5 Å². The van der Waals surface area contributed by atoms with E-state index < -0.39 is 6.10 Å². The number of carbonyl (C=O) groups excluding carboxylic acids is 2. The topological polar surface area (TPSA) is 136 Å². The van der Waals surface area contributed by atoms with Gasteiger partial charge < -0.3 is 34.7 Å². The molecule has 2 aromatic heterocycles. The molecule has 0 unspecified atom stereocenters. The Bertz CT molecular complexity index is 1540. The monoisotopic (exact) mass is 665 g/mol. The van der Waals surface area contributed by atoms with Crippen LogP contribution in [0, 0.1) is 5.92 Å². The number of anilines is 2. The van der Waals surface area contributed by atoms with Crippen LogP contribution in [-0.2, 0) is 24.4 Å². The Morgan fingerprint density at radius 1 is 1.15 bits per heavy atom. The van der Waals surface area contributed by atoms with Gasteiger partial charge in [-0.25, -0.2) is 9.97 Å². The largest absolute Gasteiger partial charge is 0.484 e. The molecule has 6 rings (SSSR count). The SMILES string of the molecule is CC(C)C(=O)N1CCN(c2cc(C(=O)NC[C@H](O)CN3CCc4c(ccc(OCc5cnco5)c4Cl)C3)cc(NC3CCC3)n2)CC1. The minimum absolute atomic E-state index is 0.0326. The Balaban J connectivity index is 1.03. The van der Waals surface area contributed by atoms with Crippen LogP contribution in [0.3, 0.4) is 0 Å². The van der Waals surface area contributed by atoms with E-state index in [4.69, 9.17) is 25.7 Å². The first kappa shape index (κ1) is 33.0. The van der Waals surface area contributed by atoms with E-state index in [1.807, 2.05) is 36.9 Å². The molecule has 12 nitrogen and oxygen atoms in total. The van der Waals surface area contributed by atoms with Gasteiger partial charge in [-0.2, -0.15) is 0 Å². The Kier molecular flexibility index (Phi) is 10.5. The summed E-state index contributed by atoms with van der Waals surface area (Å²) in [5, 5.41) is 17.9. The van der Waals surface area contributed by atoms with Crippen LogP contribution in [0.5, 0.6) is 5.75 Å². The molecule has 0 bridgehead atoms. The molecule has 3 aromatic rings. The lowest BCUT2D eigenvalue weighted by Gasteiger charge is -2.36. The second kappa shape index (κ2) is 14.9. The first-order chi connectivity index (χ1) is 22.7. The maximum Gasteiger partial charge on any atom is 0.251 e. The number of aromatic nitrogens is 2. The number of benzene rings is 1. The van der Waals surface area contributed by atoms with Gasteiger partial charge in [-0.05, 0) is 55.0 Å². The minimum Gasteiger partial charge on any atom is -0.484 e. The summed E-state index contributed by atoms with van der Waals surface area (Å²) in [6, 6.07) is 7.83. The number of pyridine rings is 1. The van der Waals surface area contributed by atoms with Crippen molar-refractivity contribution in [2.45, 2.75) is 64.8 Å². The van der Waals surface area contributed by atoms with Gasteiger partial charge in [0, 0.05) is 69.9 Å². The number of hydrogen-bond donors (Lipinski definition) is 3. The van der Waals surface area contributed by atoms with Gasteiger partial charge in [0.15, 0.2) is 12.2 Å². The van der Waals surface area contributed by atoms with Crippen molar-refractivity contribution in [3.63, 3.8) is 0 Å². The number of rotatable bonds is 12. The summed E-state index contributed by atoms with van der Waals surface area (Å²) in [5.41, 5.74) is 2.64. The first-order valence-corrected chi connectivity index (χ1v) is 16.9. The van der Waals surface area contributed by atoms with Crippen LogP contribution >= 0.6 is 11.6 Å². The smallest absolute Gasteiger partial charge is 0.251 e. The lowest BCUT2D eigenvalue weighted by molar-refractivity contribution is -0.134. The van der Waals surface area contributed by atoms with Gasteiger partial charge in [0.2, 0.25) is 5.91 Å². The molecule has 1 saturated heterocycles. The highest BCUT2D eigenvalue weighted by Crippen LogP contribution is 2.34. The average molecular weight is 666 g/mol. The number of amides is 2. The number of oxazole rings is 1. The molecule has 47 heavy (non-hydrogen) atoms. The second-order valence-corrected chi connectivity index (χ2v) is 13.3. The van der Waals surface area contributed by atoms with Gasteiger partial charge >= 0.3 is 0 Å². The van der Waals surface area contributed by atoms with Crippen LogP contribution in [0.1, 0.15) is 60.4 Å². The van der Waals surface area contributed by atoms with Crippen molar-refractivity contribution in [2.75, 3.05) is 56.0 Å². The van der Waals surface area contributed by atoms with E-state index in [0.717, 1.165) is 36.9 Å². The fourth-order valence-corrected chi connectivity index (χ4v) is 6.55. The summed E-state index contributed by atoms with van der Waals surface area (Å²) in [6.07, 6.45) is 6.31. The Morgan fingerprint density at radius 3 is 2.66 bits per heavy atom. The molecule has 1 aliphatic carbocycles. The van der Waals surface area contributed by atoms with Crippen LogP contribution in [0.2, 0.25) is 5.02 Å². The summed E-state index contributed by atoms with van der Waals surface area (Å²) in [4.78, 5) is 40.8. The number of halogens is 1. The lowest BCUT2D eigenvalue weighted by atomic mass is 9.93. The zero-order valence-corrected chi connectivity index (χ0v) is 27.8. The summed E-state index contributed by atoms with van der Waals surface area (Å²) in [5.74, 6) is 2.49. The molecular weight excluding hydrogens is 622 g/mol. The van der Waals surface area contributed by atoms with Crippen molar-refractivity contribution < 1.29 is 23.8 Å². The van der Waals surface area contributed by atoms with Crippen molar-refractivity contribution in [1.29, 1.82) is 0 Å². The Labute approximate surface area is 280 Å². The Hall–Kier alpha value is -3.87. The van der Waals surface area contributed by atoms with Gasteiger partial charge in [0.05, 0.1) is 17.3 Å². The number of ether oxygens (including phenoxy) is 1. The third kappa shape index (κ3) is 8.17. The molecule has 2 amide bonds. The number of β-amino-alcohol motifs (C(OH)–C–C–N with tert-alkyl or cyclic N) is 1. The first-order valence-electron chi connectivity index (χ1n) is 16.5. The highest BCUT2D eigenvalue weighted by Gasteiger charge is 2.26. The predicted octanol–water partition coefficient (Wildman–Crippen LogP) is 3.72. The van der Waals surface area contributed by atoms with Crippen molar-refractivity contribution in [1.82, 2.24) is 25.1 Å². The molecule has 0 spiro atoms. The number of aliphatic hydroxyl groups excluding tert-OH is 1. The number of aliphatic hydroxyl groups is 1. The van der Waals surface area contributed by atoms with Crippen LogP contribution in [0.25, 0.3) is 0 Å². The molecule has 3 aliphatic rings. The third-order valence-electron chi connectivity index (χ3n) is 9.14. The number of hydrogen-bond acceptors (Lipinski definition) is 10. The van der Waals surface area contributed by atoms with E-state index in [1.165, 1.54) is 12.8 Å². The third-order valence-corrected chi connectivity index (χ3v) is 9.55. The summed E-state index contributed by atoms with van der Waals surface area (Å²) in [7, 11) is 0. The van der Waals surface area contributed by atoms with E-state index in [2.05, 4.69) is 25.4 Å². The molecule has 0 radical (unpaired) electrons. The van der Waals surface area contributed by atoms with Crippen LogP contribution < -0.4 is 20.3 Å². The van der Waals surface area contributed by atoms with E-state index in [9.17, 15) is 14.7 Å². The molecule has 3 N–H and O–H groups in total. The zero-order valence-electron chi connectivity index (χ0n) is 27.1. The average Bonchev–Trinajstić information content (AvgIpc) is 3.58. The molecule has 252 valence electrons. The molecule has 2 aliphatic heterocycles. The summed E-state index contributed by atoms with van der Waals surface area (Å²) in [6.45, 7) is 8.54. The number of piperazine rings is 1. The van der Waals surface area contributed by atoms with E-state index in [1.54, 1.807) is 12.3 Å². The lowest BCUT2D eigenvalue weighted by Crippen LogP contribution is -2.50. The summed E-state index contributed by atoms with van der Waals surface area (Å²) < 4.78 is 11.1. The number of nitrogens with one attached hydrogen (secondary N) is 2. The number of carbonyl (C=O) groups is 2. The number of fused-ring (bicyclic) bond motifs is 1. The van der Waals surface area contributed by atoms with Crippen LogP contribution in [-0.4, -0.2) is 94.6 Å². The molecule has 1 saturated carbocycles. The molecule has 1 aromatic carbocycles. The van der Waals surface area contributed by atoms with Crippen molar-refractivity contribution in [3.8, 4) is 5.75 Å². The molecule has 2 fully saturated rings. The highest BCUT2D eigenvalue weighted by atomic mass is 35.5. The predicted molar refractivity (Wildman–Crippen MR) is 179 cm³/mol. The van der Waals surface area contributed by atoms with Crippen molar-refractivity contribution in [2.24, 2.45) is 5.92 Å². The molecule has 1 atom stereocenters. The van der Waals surface area contributed by atoms with Crippen molar-refractivity contribution >= 4 is 35.1 Å². The molecule has 4 heterocycles. The van der Waals surface area contributed by atoms with Gasteiger partial charge in [-0.15, -0.1) is 0 Å².